The van der Waals surface area contributed by atoms with E-state index in [1.807, 2.05) is 13.0 Å². The standard InChI is InChI=1S/C18H21FN2O4S/c1-3-4-6-13(2)25-14-9-11-21(12-10-14)26(24)16-8-5-7-15(19)17(16)18(22)20-23/h1,5-8,14,23H,4,9-12H2,2H3,(H,20,22)/b13-6+. The van der Waals surface area contributed by atoms with E-state index in [2.05, 4.69) is 5.92 Å². The normalized spacial score (nSPS) is 17.4. The molecule has 26 heavy (non-hydrogen) atoms. The summed E-state index contributed by atoms with van der Waals surface area (Å²) in [5, 5.41) is 8.80. The Hall–Kier alpha value is -2.21. The quantitative estimate of drug-likeness (QED) is 0.344. The van der Waals surface area contributed by atoms with Gasteiger partial charge < -0.3 is 4.74 Å². The second-order valence-corrected chi connectivity index (χ2v) is 7.23. The molecule has 1 amide bonds. The summed E-state index contributed by atoms with van der Waals surface area (Å²) in [6.45, 7) is 2.78. The van der Waals surface area contributed by atoms with Crippen LogP contribution in [0.15, 0.2) is 34.9 Å². The van der Waals surface area contributed by atoms with Gasteiger partial charge in [0.25, 0.3) is 5.91 Å². The number of carbonyl (C=O) groups is 1. The molecule has 6 nitrogen and oxygen atoms in total. The van der Waals surface area contributed by atoms with Gasteiger partial charge in [0.2, 0.25) is 0 Å². The SMILES string of the molecule is C#CC/C=C(\C)OC1CCN(S(=O)c2cccc(F)c2C(=O)NO)CC1. The van der Waals surface area contributed by atoms with E-state index >= 15 is 0 Å². The lowest BCUT2D eigenvalue weighted by Gasteiger charge is -2.31. The van der Waals surface area contributed by atoms with Gasteiger partial charge in [0.05, 0.1) is 16.2 Å². The Morgan fingerprint density at radius 2 is 2.23 bits per heavy atom. The van der Waals surface area contributed by atoms with Crippen molar-refractivity contribution in [1.29, 1.82) is 0 Å². The Labute approximate surface area is 154 Å². The monoisotopic (exact) mass is 380 g/mol. The number of amides is 1. The summed E-state index contributed by atoms with van der Waals surface area (Å²) in [4.78, 5) is 11.7. The number of hydrogen-bond acceptors (Lipinski definition) is 4. The van der Waals surface area contributed by atoms with Gasteiger partial charge in [-0.15, -0.1) is 12.3 Å². The summed E-state index contributed by atoms with van der Waals surface area (Å²) < 4.78 is 34.2. The minimum atomic E-state index is -1.72. The first-order chi connectivity index (χ1) is 12.5. The van der Waals surface area contributed by atoms with E-state index < -0.39 is 28.3 Å². The lowest BCUT2D eigenvalue weighted by Crippen LogP contribution is -2.38. The van der Waals surface area contributed by atoms with E-state index in [0.717, 1.165) is 11.8 Å². The number of rotatable bonds is 6. The molecule has 1 saturated heterocycles. The Balaban J connectivity index is 2.05. The maximum atomic E-state index is 14.0. The summed E-state index contributed by atoms with van der Waals surface area (Å²) in [5.41, 5.74) is 0.977. The molecular formula is C18H21FN2O4S. The number of hydrogen-bond donors (Lipinski definition) is 2. The van der Waals surface area contributed by atoms with Crippen molar-refractivity contribution in [2.24, 2.45) is 0 Å². The number of ether oxygens (including phenoxy) is 1. The van der Waals surface area contributed by atoms with E-state index in [1.165, 1.54) is 17.6 Å². The molecule has 140 valence electrons. The first-order valence-corrected chi connectivity index (χ1v) is 9.25. The van der Waals surface area contributed by atoms with Crippen molar-refractivity contribution in [2.45, 2.75) is 37.2 Å². The third-order valence-electron chi connectivity index (χ3n) is 3.99. The Bertz CT molecular complexity index is 752. The third-order valence-corrected chi connectivity index (χ3v) is 5.54. The molecule has 1 aliphatic heterocycles. The molecule has 1 aromatic carbocycles. The van der Waals surface area contributed by atoms with Gasteiger partial charge in [-0.25, -0.2) is 18.4 Å². The summed E-state index contributed by atoms with van der Waals surface area (Å²) in [5.74, 6) is 1.41. The van der Waals surface area contributed by atoms with E-state index in [9.17, 15) is 13.4 Å². The molecule has 1 atom stereocenters. The first-order valence-electron chi connectivity index (χ1n) is 8.14. The molecule has 0 bridgehead atoms. The lowest BCUT2D eigenvalue weighted by molar-refractivity contribution is 0.0693. The van der Waals surface area contributed by atoms with Crippen LogP contribution in [0.2, 0.25) is 0 Å². The number of carbonyl (C=O) groups excluding carboxylic acids is 1. The van der Waals surface area contributed by atoms with Crippen molar-refractivity contribution in [3.8, 4) is 12.3 Å². The zero-order valence-electron chi connectivity index (χ0n) is 14.4. The summed E-state index contributed by atoms with van der Waals surface area (Å²) in [6, 6.07) is 3.88. The average Bonchev–Trinajstić information content (AvgIpc) is 2.65. The van der Waals surface area contributed by atoms with Crippen LogP contribution in [0.25, 0.3) is 0 Å². The van der Waals surface area contributed by atoms with E-state index in [4.69, 9.17) is 16.4 Å². The number of nitrogens with zero attached hydrogens (tertiary/aromatic N) is 1. The molecule has 1 heterocycles. The number of nitrogens with one attached hydrogen (secondary N) is 1. The molecule has 0 aliphatic carbocycles. The average molecular weight is 380 g/mol. The van der Waals surface area contributed by atoms with Crippen LogP contribution >= 0.6 is 0 Å². The highest BCUT2D eigenvalue weighted by Gasteiger charge is 2.28. The van der Waals surface area contributed by atoms with Crippen LogP contribution in [0.4, 0.5) is 4.39 Å². The second-order valence-electron chi connectivity index (χ2n) is 5.77. The molecule has 1 unspecified atom stereocenters. The second kappa shape index (κ2) is 9.48. The van der Waals surface area contributed by atoms with Crippen molar-refractivity contribution in [3.63, 3.8) is 0 Å². The molecular weight excluding hydrogens is 359 g/mol. The lowest BCUT2D eigenvalue weighted by atomic mass is 10.1. The highest BCUT2D eigenvalue weighted by atomic mass is 32.2. The van der Waals surface area contributed by atoms with Crippen LogP contribution in [0, 0.1) is 18.2 Å². The molecule has 0 spiro atoms. The number of hydroxylamine groups is 1. The number of halogens is 1. The van der Waals surface area contributed by atoms with Crippen molar-refractivity contribution in [3.05, 3.63) is 41.4 Å². The van der Waals surface area contributed by atoms with Gasteiger partial charge in [-0.05, 0) is 38.0 Å². The molecule has 0 saturated carbocycles. The molecule has 2 rings (SSSR count). The molecule has 1 aromatic rings. The fourth-order valence-electron chi connectivity index (χ4n) is 2.69. The summed E-state index contributed by atoms with van der Waals surface area (Å²) >= 11 is 0. The van der Waals surface area contributed by atoms with E-state index in [0.29, 0.717) is 32.4 Å². The van der Waals surface area contributed by atoms with Crippen molar-refractivity contribution >= 4 is 16.9 Å². The number of allylic oxidation sites excluding steroid dienone is 2. The van der Waals surface area contributed by atoms with Crippen LogP contribution in [-0.2, 0) is 15.7 Å². The van der Waals surface area contributed by atoms with Crippen LogP contribution in [0.5, 0.6) is 0 Å². The minimum absolute atomic E-state index is 0.00926. The van der Waals surface area contributed by atoms with Gasteiger partial charge in [0.15, 0.2) is 0 Å². The highest BCUT2D eigenvalue weighted by Crippen LogP contribution is 2.24. The number of piperidine rings is 1. The van der Waals surface area contributed by atoms with Gasteiger partial charge in [-0.3, -0.25) is 10.0 Å². The predicted octanol–water partition coefficient (Wildman–Crippen LogP) is 2.38. The van der Waals surface area contributed by atoms with Crippen molar-refractivity contribution in [2.75, 3.05) is 13.1 Å². The van der Waals surface area contributed by atoms with Gasteiger partial charge >= 0.3 is 0 Å². The first kappa shape index (κ1) is 20.1. The maximum absolute atomic E-state index is 14.0. The fraction of sp³-hybridized carbons (Fsp3) is 0.389. The molecule has 2 N–H and O–H groups in total. The smallest absolute Gasteiger partial charge is 0.278 e. The van der Waals surface area contributed by atoms with Gasteiger partial charge in [-0.2, -0.15) is 0 Å². The predicted molar refractivity (Wildman–Crippen MR) is 94.9 cm³/mol. The summed E-state index contributed by atoms with van der Waals surface area (Å²) in [6.07, 6.45) is 8.82. The van der Waals surface area contributed by atoms with E-state index in [1.54, 1.807) is 4.31 Å². The fourth-order valence-corrected chi connectivity index (χ4v) is 4.08. The zero-order valence-corrected chi connectivity index (χ0v) is 15.2. The Morgan fingerprint density at radius 3 is 2.85 bits per heavy atom. The van der Waals surface area contributed by atoms with Gasteiger partial charge in [0, 0.05) is 19.5 Å². The van der Waals surface area contributed by atoms with Crippen LogP contribution in [-0.4, -0.2) is 38.8 Å². The van der Waals surface area contributed by atoms with Crippen LogP contribution in [0.1, 0.15) is 36.5 Å². The van der Waals surface area contributed by atoms with E-state index in [-0.39, 0.29) is 11.0 Å². The van der Waals surface area contributed by atoms with Gasteiger partial charge in [0.1, 0.15) is 22.9 Å². The van der Waals surface area contributed by atoms with Gasteiger partial charge in [-0.1, -0.05) is 6.07 Å². The Kier molecular flexibility index (Phi) is 7.33. The molecule has 8 heteroatoms. The van der Waals surface area contributed by atoms with Crippen LogP contribution < -0.4 is 5.48 Å². The zero-order chi connectivity index (χ0) is 19.1. The third kappa shape index (κ3) is 4.91. The highest BCUT2D eigenvalue weighted by molar-refractivity contribution is 7.82. The van der Waals surface area contributed by atoms with Crippen molar-refractivity contribution < 1.29 is 23.3 Å². The largest absolute Gasteiger partial charge is 0.495 e. The summed E-state index contributed by atoms with van der Waals surface area (Å²) in [7, 11) is -1.72. The number of terminal acetylenes is 1. The van der Waals surface area contributed by atoms with Crippen molar-refractivity contribution in [1.82, 2.24) is 9.79 Å². The Morgan fingerprint density at radius 1 is 1.54 bits per heavy atom. The number of benzene rings is 1. The topological polar surface area (TPSA) is 78.9 Å². The minimum Gasteiger partial charge on any atom is -0.495 e. The van der Waals surface area contributed by atoms with Crippen LogP contribution in [0.3, 0.4) is 0 Å². The maximum Gasteiger partial charge on any atom is 0.278 e. The molecule has 1 fully saturated rings. The molecule has 0 aromatic heterocycles. The molecule has 0 radical (unpaired) electrons. The molecule has 1 aliphatic rings.